The molecule has 0 aliphatic carbocycles. The van der Waals surface area contributed by atoms with Crippen molar-refractivity contribution >= 4 is 17.3 Å². The van der Waals surface area contributed by atoms with Gasteiger partial charge >= 0.3 is 0 Å². The standard InChI is InChI=1S/C14H21N3O2S/c1-3-5-12(18)7-9-19-14-13(15-20-16-14)11-6-4-8-17(2)10-11/h4,6,10,12,18H,3,5,7-9H2,1-2H3. The lowest BCUT2D eigenvalue weighted by Crippen LogP contribution is -2.14. The number of allylic oxidation sites excluding steroid dienone is 2. The summed E-state index contributed by atoms with van der Waals surface area (Å²) in [5.74, 6) is 0.560. The Morgan fingerprint density at radius 2 is 2.30 bits per heavy atom. The first-order valence-corrected chi connectivity index (χ1v) is 7.66. The van der Waals surface area contributed by atoms with Gasteiger partial charge in [-0.3, -0.25) is 0 Å². The van der Waals surface area contributed by atoms with Crippen molar-refractivity contribution in [3.05, 3.63) is 24.0 Å². The van der Waals surface area contributed by atoms with E-state index in [0.29, 0.717) is 18.9 Å². The van der Waals surface area contributed by atoms with Gasteiger partial charge in [0.05, 0.1) is 24.4 Å². The van der Waals surface area contributed by atoms with Crippen molar-refractivity contribution in [1.29, 1.82) is 0 Å². The topological polar surface area (TPSA) is 58.5 Å². The van der Waals surface area contributed by atoms with Crippen molar-refractivity contribution in [3.8, 4) is 5.88 Å². The van der Waals surface area contributed by atoms with E-state index in [-0.39, 0.29) is 6.10 Å². The van der Waals surface area contributed by atoms with Gasteiger partial charge in [0.1, 0.15) is 5.69 Å². The molecule has 1 N–H and O–H groups in total. The molecule has 1 unspecified atom stereocenters. The van der Waals surface area contributed by atoms with Crippen LogP contribution in [0.4, 0.5) is 0 Å². The molecule has 1 atom stereocenters. The minimum atomic E-state index is -0.296. The smallest absolute Gasteiger partial charge is 0.254 e. The second kappa shape index (κ2) is 7.40. The molecule has 0 saturated heterocycles. The van der Waals surface area contributed by atoms with Gasteiger partial charge in [0, 0.05) is 31.8 Å². The van der Waals surface area contributed by atoms with Crippen LogP contribution in [0.5, 0.6) is 5.88 Å². The third kappa shape index (κ3) is 4.05. The second-order valence-electron chi connectivity index (χ2n) is 4.92. The van der Waals surface area contributed by atoms with Crippen LogP contribution in [0.25, 0.3) is 5.57 Å². The molecule has 1 aliphatic heterocycles. The lowest BCUT2D eigenvalue weighted by Gasteiger charge is -2.17. The quantitative estimate of drug-likeness (QED) is 0.836. The fraction of sp³-hybridized carbons (Fsp3) is 0.571. The van der Waals surface area contributed by atoms with Crippen LogP contribution in [-0.4, -0.2) is 45.1 Å². The van der Waals surface area contributed by atoms with Gasteiger partial charge in [-0.15, -0.1) is 4.37 Å². The summed E-state index contributed by atoms with van der Waals surface area (Å²) in [7, 11) is 2.02. The summed E-state index contributed by atoms with van der Waals surface area (Å²) in [5, 5.41) is 9.69. The van der Waals surface area contributed by atoms with Gasteiger partial charge in [-0.25, -0.2) is 0 Å². The Balaban J connectivity index is 1.94. The normalized spacial score (nSPS) is 16.1. The van der Waals surface area contributed by atoms with Gasteiger partial charge in [0.15, 0.2) is 0 Å². The molecule has 110 valence electrons. The summed E-state index contributed by atoms with van der Waals surface area (Å²) in [6, 6.07) is 0. The van der Waals surface area contributed by atoms with E-state index < -0.39 is 0 Å². The monoisotopic (exact) mass is 295 g/mol. The summed E-state index contributed by atoms with van der Waals surface area (Å²) >= 11 is 1.15. The molecule has 0 radical (unpaired) electrons. The molecule has 0 aromatic carbocycles. The Kier molecular flexibility index (Phi) is 5.55. The van der Waals surface area contributed by atoms with E-state index >= 15 is 0 Å². The maximum Gasteiger partial charge on any atom is 0.254 e. The Hall–Kier alpha value is -1.40. The number of hydrogen-bond donors (Lipinski definition) is 1. The predicted octanol–water partition coefficient (Wildman–Crippen LogP) is 2.31. The molecule has 0 fully saturated rings. The molecule has 1 aromatic heterocycles. The highest BCUT2D eigenvalue weighted by atomic mass is 32.1. The number of likely N-dealkylation sites (N-methyl/N-ethyl adjacent to an activating group) is 1. The van der Waals surface area contributed by atoms with Gasteiger partial charge in [-0.1, -0.05) is 25.5 Å². The summed E-state index contributed by atoms with van der Waals surface area (Å²) in [6.45, 7) is 3.43. The molecule has 1 aliphatic rings. The highest BCUT2D eigenvalue weighted by molar-refractivity contribution is 6.99. The molecular formula is C14H21N3O2S. The van der Waals surface area contributed by atoms with Gasteiger partial charge in [-0.2, -0.15) is 4.37 Å². The molecule has 0 bridgehead atoms. The van der Waals surface area contributed by atoms with Gasteiger partial charge in [0.25, 0.3) is 5.88 Å². The van der Waals surface area contributed by atoms with E-state index in [9.17, 15) is 5.11 Å². The van der Waals surface area contributed by atoms with Crippen LogP contribution in [-0.2, 0) is 0 Å². The zero-order valence-electron chi connectivity index (χ0n) is 12.0. The van der Waals surface area contributed by atoms with E-state index in [4.69, 9.17) is 4.74 Å². The minimum Gasteiger partial charge on any atom is -0.475 e. The van der Waals surface area contributed by atoms with E-state index in [2.05, 4.69) is 26.6 Å². The van der Waals surface area contributed by atoms with Gasteiger partial charge in [0.2, 0.25) is 0 Å². The third-order valence-electron chi connectivity index (χ3n) is 3.09. The van der Waals surface area contributed by atoms with Crippen molar-refractivity contribution in [1.82, 2.24) is 13.6 Å². The first-order valence-electron chi connectivity index (χ1n) is 6.93. The van der Waals surface area contributed by atoms with Crippen molar-refractivity contribution in [3.63, 3.8) is 0 Å². The molecular weight excluding hydrogens is 274 g/mol. The Bertz CT molecular complexity index is 485. The number of aromatic nitrogens is 2. The molecule has 0 saturated carbocycles. The minimum absolute atomic E-state index is 0.296. The zero-order chi connectivity index (χ0) is 14.4. The predicted molar refractivity (Wildman–Crippen MR) is 80.7 cm³/mol. The molecule has 0 amide bonds. The molecule has 5 nitrogen and oxygen atoms in total. The van der Waals surface area contributed by atoms with E-state index in [0.717, 1.165) is 42.4 Å². The van der Waals surface area contributed by atoms with E-state index in [1.807, 2.05) is 19.3 Å². The highest BCUT2D eigenvalue weighted by Gasteiger charge is 2.15. The fourth-order valence-electron chi connectivity index (χ4n) is 2.04. The van der Waals surface area contributed by atoms with Crippen LogP contribution >= 0.6 is 11.7 Å². The number of ether oxygens (including phenoxy) is 1. The van der Waals surface area contributed by atoms with Crippen LogP contribution in [0.15, 0.2) is 18.4 Å². The number of hydrogen-bond acceptors (Lipinski definition) is 6. The molecule has 0 spiro atoms. The largest absolute Gasteiger partial charge is 0.475 e. The number of aliphatic hydroxyl groups excluding tert-OH is 1. The van der Waals surface area contributed by atoms with E-state index in [1.165, 1.54) is 0 Å². The second-order valence-corrected chi connectivity index (χ2v) is 5.45. The maximum atomic E-state index is 9.69. The Labute approximate surface area is 123 Å². The maximum absolute atomic E-state index is 9.69. The van der Waals surface area contributed by atoms with Crippen LogP contribution in [0, 0.1) is 0 Å². The van der Waals surface area contributed by atoms with Crippen LogP contribution in [0.3, 0.4) is 0 Å². The third-order valence-corrected chi connectivity index (χ3v) is 3.61. The Morgan fingerprint density at radius 3 is 3.05 bits per heavy atom. The summed E-state index contributed by atoms with van der Waals surface area (Å²) in [5.41, 5.74) is 1.79. The lowest BCUT2D eigenvalue weighted by molar-refractivity contribution is 0.129. The first kappa shape index (κ1) is 15.0. The zero-order valence-corrected chi connectivity index (χ0v) is 12.8. The average Bonchev–Trinajstić information content (AvgIpc) is 2.87. The SMILES string of the molecule is CCCC(O)CCOc1nsnc1C1=CN(C)CC=C1. The van der Waals surface area contributed by atoms with Crippen LogP contribution < -0.4 is 4.74 Å². The van der Waals surface area contributed by atoms with Crippen molar-refractivity contribution < 1.29 is 9.84 Å². The average molecular weight is 295 g/mol. The number of nitrogens with zero attached hydrogens (tertiary/aromatic N) is 3. The van der Waals surface area contributed by atoms with Gasteiger partial charge < -0.3 is 14.7 Å². The van der Waals surface area contributed by atoms with Crippen molar-refractivity contribution in [2.45, 2.75) is 32.3 Å². The van der Waals surface area contributed by atoms with Crippen molar-refractivity contribution in [2.75, 3.05) is 20.2 Å². The van der Waals surface area contributed by atoms with Crippen LogP contribution in [0.1, 0.15) is 31.9 Å². The van der Waals surface area contributed by atoms with Gasteiger partial charge in [-0.05, 0) is 6.42 Å². The number of rotatable bonds is 7. The lowest BCUT2D eigenvalue weighted by atomic mass is 10.1. The summed E-state index contributed by atoms with van der Waals surface area (Å²) in [4.78, 5) is 2.09. The van der Waals surface area contributed by atoms with E-state index in [1.54, 1.807) is 0 Å². The van der Waals surface area contributed by atoms with Crippen molar-refractivity contribution in [2.24, 2.45) is 0 Å². The molecule has 6 heteroatoms. The first-order chi connectivity index (χ1) is 9.70. The molecule has 20 heavy (non-hydrogen) atoms. The Morgan fingerprint density at radius 1 is 1.45 bits per heavy atom. The molecule has 2 rings (SSSR count). The number of aliphatic hydroxyl groups is 1. The summed E-state index contributed by atoms with van der Waals surface area (Å²) < 4.78 is 14.2. The highest BCUT2D eigenvalue weighted by Crippen LogP contribution is 2.26. The van der Waals surface area contributed by atoms with Crippen LogP contribution in [0.2, 0.25) is 0 Å². The molecule has 1 aromatic rings. The molecule has 2 heterocycles. The summed E-state index contributed by atoms with van der Waals surface area (Å²) in [6.07, 6.45) is 8.28. The fourth-order valence-corrected chi connectivity index (χ4v) is 2.56.